The first-order valence-electron chi connectivity index (χ1n) is 10.4. The minimum atomic E-state index is -0.688. The molecular formula is C25H18FN3O4. The van der Waals surface area contributed by atoms with E-state index in [0.717, 1.165) is 10.5 Å². The maximum Gasteiger partial charge on any atom is 0.282 e. The minimum absolute atomic E-state index is 0.109. The van der Waals surface area contributed by atoms with Gasteiger partial charge in [0.25, 0.3) is 17.5 Å². The van der Waals surface area contributed by atoms with Crippen molar-refractivity contribution in [3.63, 3.8) is 0 Å². The van der Waals surface area contributed by atoms with Crippen LogP contribution in [0.2, 0.25) is 0 Å². The van der Waals surface area contributed by atoms with E-state index in [1.54, 1.807) is 6.07 Å². The van der Waals surface area contributed by atoms with Gasteiger partial charge in [-0.3, -0.25) is 19.7 Å². The molecule has 2 amide bonds. The first kappa shape index (κ1) is 20.6. The average Bonchev–Trinajstić information content (AvgIpc) is 3.09. The molecule has 0 radical (unpaired) electrons. The predicted octanol–water partition coefficient (Wildman–Crippen LogP) is 4.08. The zero-order valence-corrected chi connectivity index (χ0v) is 17.4. The molecule has 33 heavy (non-hydrogen) atoms. The molecule has 2 aliphatic rings. The van der Waals surface area contributed by atoms with Gasteiger partial charge in [-0.15, -0.1) is 0 Å². The number of nitro groups is 1. The first-order valence-corrected chi connectivity index (χ1v) is 10.4. The summed E-state index contributed by atoms with van der Waals surface area (Å²) in [5.41, 5.74) is 2.61. The summed E-state index contributed by atoms with van der Waals surface area (Å²) in [6.07, 6.45) is 0.689. The number of imide groups is 1. The van der Waals surface area contributed by atoms with E-state index >= 15 is 0 Å². The molecule has 2 aliphatic heterocycles. The van der Waals surface area contributed by atoms with Crippen molar-refractivity contribution in [1.82, 2.24) is 4.90 Å². The zero-order valence-electron chi connectivity index (χ0n) is 17.4. The fraction of sp³-hybridized carbons (Fsp3) is 0.120. The monoisotopic (exact) mass is 443 g/mol. The minimum Gasteiger partial charge on any atom is -0.362 e. The molecule has 0 atom stereocenters. The summed E-state index contributed by atoms with van der Waals surface area (Å²) in [4.78, 5) is 40.3. The van der Waals surface area contributed by atoms with E-state index in [1.807, 2.05) is 29.2 Å². The fourth-order valence-corrected chi connectivity index (χ4v) is 4.36. The van der Waals surface area contributed by atoms with Crippen molar-refractivity contribution in [1.29, 1.82) is 0 Å². The van der Waals surface area contributed by atoms with Crippen molar-refractivity contribution in [3.05, 3.63) is 111 Å². The molecular weight excluding hydrogens is 425 g/mol. The molecule has 2 heterocycles. The number of rotatable bonds is 4. The Morgan fingerprint density at radius 3 is 2.21 bits per heavy atom. The molecule has 164 valence electrons. The van der Waals surface area contributed by atoms with Gasteiger partial charge in [0.05, 0.1) is 16.2 Å². The van der Waals surface area contributed by atoms with E-state index in [2.05, 4.69) is 0 Å². The Morgan fingerprint density at radius 1 is 0.848 bits per heavy atom. The standard InChI is InChI=1S/C25H18FN3O4/c26-20-7-3-4-8-21(20)28-24(30)22(17-9-11-19(12-10-17)29(32)33)23(25(28)31)27-14-13-16-5-1-2-6-18(16)15-27/h1-12H,13-15H2. The van der Waals surface area contributed by atoms with Gasteiger partial charge < -0.3 is 4.90 Å². The molecule has 7 nitrogen and oxygen atoms in total. The second-order valence-corrected chi connectivity index (χ2v) is 7.86. The molecule has 8 heteroatoms. The highest BCUT2D eigenvalue weighted by atomic mass is 19.1. The number of nitro benzene ring substituents is 1. The van der Waals surface area contributed by atoms with E-state index in [0.29, 0.717) is 25.1 Å². The topological polar surface area (TPSA) is 83.8 Å². The van der Waals surface area contributed by atoms with Crippen molar-refractivity contribution in [2.75, 3.05) is 11.4 Å². The highest BCUT2D eigenvalue weighted by Gasteiger charge is 2.43. The second-order valence-electron chi connectivity index (χ2n) is 7.86. The van der Waals surface area contributed by atoms with Gasteiger partial charge in [0.1, 0.15) is 11.5 Å². The van der Waals surface area contributed by atoms with E-state index in [1.165, 1.54) is 48.0 Å². The molecule has 0 unspecified atom stereocenters. The quantitative estimate of drug-likeness (QED) is 0.345. The number of hydrogen-bond acceptors (Lipinski definition) is 5. The van der Waals surface area contributed by atoms with Gasteiger partial charge in [0.2, 0.25) is 0 Å². The lowest BCUT2D eigenvalue weighted by atomic mass is 9.98. The Kier molecular flexibility index (Phi) is 4.97. The summed E-state index contributed by atoms with van der Waals surface area (Å²) in [5.74, 6) is -1.96. The van der Waals surface area contributed by atoms with Crippen LogP contribution in [0.3, 0.4) is 0 Å². The van der Waals surface area contributed by atoms with Crippen molar-refractivity contribution < 1.29 is 18.9 Å². The second kappa shape index (κ2) is 7.98. The summed E-state index contributed by atoms with van der Waals surface area (Å²) in [5, 5.41) is 11.1. The van der Waals surface area contributed by atoms with Crippen LogP contribution in [0.4, 0.5) is 15.8 Å². The normalized spacial score (nSPS) is 15.8. The van der Waals surface area contributed by atoms with Crippen LogP contribution >= 0.6 is 0 Å². The third-order valence-electron chi connectivity index (χ3n) is 5.97. The third kappa shape index (κ3) is 3.45. The van der Waals surface area contributed by atoms with Crippen LogP contribution in [0.15, 0.2) is 78.5 Å². The lowest BCUT2D eigenvalue weighted by Crippen LogP contribution is -2.37. The molecule has 0 aliphatic carbocycles. The number of amides is 2. The lowest BCUT2D eigenvalue weighted by molar-refractivity contribution is -0.384. The van der Waals surface area contributed by atoms with Gasteiger partial charge in [-0.05, 0) is 47.4 Å². The highest BCUT2D eigenvalue weighted by molar-refractivity contribution is 6.45. The number of halogens is 1. The van der Waals surface area contributed by atoms with E-state index in [-0.39, 0.29) is 22.6 Å². The van der Waals surface area contributed by atoms with Crippen LogP contribution in [0, 0.1) is 15.9 Å². The maximum absolute atomic E-state index is 14.6. The van der Waals surface area contributed by atoms with Gasteiger partial charge >= 0.3 is 0 Å². The smallest absolute Gasteiger partial charge is 0.282 e. The van der Waals surface area contributed by atoms with Gasteiger partial charge in [-0.25, -0.2) is 9.29 Å². The Bertz CT molecular complexity index is 1330. The molecule has 0 aromatic heterocycles. The Morgan fingerprint density at radius 2 is 1.52 bits per heavy atom. The van der Waals surface area contributed by atoms with Crippen LogP contribution < -0.4 is 4.90 Å². The third-order valence-corrected chi connectivity index (χ3v) is 5.97. The maximum atomic E-state index is 14.6. The van der Waals surface area contributed by atoms with Gasteiger partial charge in [0, 0.05) is 25.2 Å². The molecule has 5 rings (SSSR count). The number of non-ortho nitro benzene ring substituents is 1. The van der Waals surface area contributed by atoms with Crippen molar-refractivity contribution in [3.8, 4) is 0 Å². The number of hydrogen-bond donors (Lipinski definition) is 0. The molecule has 0 N–H and O–H groups in total. The fourth-order valence-electron chi connectivity index (χ4n) is 4.36. The van der Waals surface area contributed by atoms with Crippen LogP contribution in [-0.4, -0.2) is 28.2 Å². The van der Waals surface area contributed by atoms with Crippen molar-refractivity contribution in [2.45, 2.75) is 13.0 Å². The SMILES string of the molecule is O=C1C(c2ccc([N+](=O)[O-])cc2)=C(N2CCc3ccccc3C2)C(=O)N1c1ccccc1F. The number of carbonyl (C=O) groups is 2. The van der Waals surface area contributed by atoms with E-state index < -0.39 is 22.6 Å². The Balaban J connectivity index is 1.63. The lowest BCUT2D eigenvalue weighted by Gasteiger charge is -2.31. The zero-order chi connectivity index (χ0) is 23.1. The van der Waals surface area contributed by atoms with Crippen LogP contribution in [0.5, 0.6) is 0 Å². The number of benzene rings is 3. The number of carbonyl (C=O) groups excluding carboxylic acids is 2. The first-order chi connectivity index (χ1) is 16.0. The van der Waals surface area contributed by atoms with Gasteiger partial charge in [0.15, 0.2) is 0 Å². The van der Waals surface area contributed by atoms with Crippen molar-refractivity contribution >= 4 is 28.8 Å². The highest BCUT2D eigenvalue weighted by Crippen LogP contribution is 2.37. The molecule has 0 saturated heterocycles. The van der Waals surface area contributed by atoms with E-state index in [9.17, 15) is 24.1 Å². The van der Waals surface area contributed by atoms with Crippen molar-refractivity contribution in [2.24, 2.45) is 0 Å². The average molecular weight is 443 g/mol. The molecule has 0 bridgehead atoms. The summed E-state index contributed by atoms with van der Waals surface area (Å²) in [6, 6.07) is 19.0. The van der Waals surface area contributed by atoms with Crippen LogP contribution in [0.1, 0.15) is 16.7 Å². The molecule has 0 spiro atoms. The number of anilines is 1. The Labute approximate surface area is 188 Å². The summed E-state index contributed by atoms with van der Waals surface area (Å²) in [7, 11) is 0. The van der Waals surface area contributed by atoms with Gasteiger partial charge in [-0.1, -0.05) is 36.4 Å². The summed E-state index contributed by atoms with van der Waals surface area (Å²) >= 11 is 0. The number of para-hydroxylation sites is 1. The number of fused-ring (bicyclic) bond motifs is 1. The molecule has 3 aromatic carbocycles. The van der Waals surface area contributed by atoms with Crippen LogP contribution in [0.25, 0.3) is 5.57 Å². The van der Waals surface area contributed by atoms with E-state index in [4.69, 9.17) is 0 Å². The molecule has 0 fully saturated rings. The van der Waals surface area contributed by atoms with Crippen LogP contribution in [-0.2, 0) is 22.6 Å². The van der Waals surface area contributed by atoms with Gasteiger partial charge in [-0.2, -0.15) is 0 Å². The molecule has 0 saturated carbocycles. The summed E-state index contributed by atoms with van der Waals surface area (Å²) in [6.45, 7) is 0.930. The summed E-state index contributed by atoms with van der Waals surface area (Å²) < 4.78 is 14.6. The predicted molar refractivity (Wildman–Crippen MR) is 119 cm³/mol. The largest absolute Gasteiger partial charge is 0.362 e. The Hall–Kier alpha value is -4.33. The number of nitrogens with zero attached hydrogens (tertiary/aromatic N) is 3. The molecule has 3 aromatic rings.